The van der Waals surface area contributed by atoms with Crippen LogP contribution in [0.15, 0.2) is 71.9 Å². The number of sulfonamides is 1. The number of benzene rings is 3. The molecule has 0 atom stereocenters. The van der Waals surface area contributed by atoms with E-state index in [0.29, 0.717) is 6.42 Å². The molecule has 0 aliphatic heterocycles. The predicted molar refractivity (Wildman–Crippen MR) is 122 cm³/mol. The maximum Gasteiger partial charge on any atom is 0.244 e. The lowest BCUT2D eigenvalue weighted by Gasteiger charge is -2.13. The summed E-state index contributed by atoms with van der Waals surface area (Å²) in [6, 6.07) is 16.1. The van der Waals surface area contributed by atoms with E-state index in [1.165, 1.54) is 12.4 Å². The van der Waals surface area contributed by atoms with E-state index in [4.69, 9.17) is 0 Å². The van der Waals surface area contributed by atoms with Crippen molar-refractivity contribution in [2.45, 2.75) is 18.2 Å². The van der Waals surface area contributed by atoms with Gasteiger partial charge in [0.25, 0.3) is 0 Å². The van der Waals surface area contributed by atoms with Crippen molar-refractivity contribution in [2.24, 2.45) is 0 Å². The maximum absolute atomic E-state index is 12.9. The zero-order valence-corrected chi connectivity index (χ0v) is 18.5. The Morgan fingerprint density at radius 1 is 0.970 bits per heavy atom. The van der Waals surface area contributed by atoms with E-state index < -0.39 is 20.7 Å². The monoisotopic (exact) mass is 466 g/mol. The summed E-state index contributed by atoms with van der Waals surface area (Å²) in [5.41, 5.74) is 2.63. The highest BCUT2D eigenvalue weighted by molar-refractivity contribution is 7.89. The van der Waals surface area contributed by atoms with E-state index in [1.54, 1.807) is 22.8 Å². The number of aromatic hydroxyl groups is 3. The van der Waals surface area contributed by atoms with Crippen LogP contribution in [0, 0.1) is 6.92 Å². The first-order chi connectivity index (χ1) is 15.7. The molecule has 0 aliphatic carbocycles. The zero-order valence-electron chi connectivity index (χ0n) is 17.7. The van der Waals surface area contributed by atoms with Gasteiger partial charge in [-0.15, -0.1) is 10.2 Å². The maximum atomic E-state index is 12.9. The van der Waals surface area contributed by atoms with Gasteiger partial charge >= 0.3 is 0 Å². The third-order valence-electron chi connectivity index (χ3n) is 5.08. The Labute approximate surface area is 190 Å². The molecule has 33 heavy (non-hydrogen) atoms. The molecule has 0 saturated heterocycles. The second kappa shape index (κ2) is 8.93. The molecule has 0 radical (unpaired) electrons. The highest BCUT2D eigenvalue weighted by Crippen LogP contribution is 2.36. The Morgan fingerprint density at radius 3 is 2.45 bits per heavy atom. The summed E-state index contributed by atoms with van der Waals surface area (Å²) in [6.07, 6.45) is 1.79. The Kier molecular flexibility index (Phi) is 6.03. The summed E-state index contributed by atoms with van der Waals surface area (Å²) in [5, 5.41) is 38.2. The van der Waals surface area contributed by atoms with Crippen LogP contribution in [-0.2, 0) is 16.4 Å². The number of hydrogen-bond donors (Lipinski definition) is 4. The van der Waals surface area contributed by atoms with Gasteiger partial charge in [0.2, 0.25) is 10.0 Å². The molecule has 1 aromatic heterocycles. The molecule has 0 amide bonds. The second-order valence-electron chi connectivity index (χ2n) is 7.51. The molecule has 9 nitrogen and oxygen atoms in total. The summed E-state index contributed by atoms with van der Waals surface area (Å²) >= 11 is 0. The molecule has 0 unspecified atom stereocenters. The van der Waals surface area contributed by atoms with Crippen molar-refractivity contribution < 1.29 is 23.7 Å². The Hall–Kier alpha value is -3.89. The van der Waals surface area contributed by atoms with Crippen molar-refractivity contribution >= 4 is 10.0 Å². The molecule has 0 fully saturated rings. The summed E-state index contributed by atoms with van der Waals surface area (Å²) in [6.45, 7) is 1.99. The molecular formula is C23H22N4O5S. The van der Waals surface area contributed by atoms with Crippen molar-refractivity contribution in [2.75, 3.05) is 6.54 Å². The van der Waals surface area contributed by atoms with Gasteiger partial charge in [-0.2, -0.15) is 0 Å². The highest BCUT2D eigenvalue weighted by atomic mass is 32.2. The zero-order chi connectivity index (χ0) is 23.6. The Morgan fingerprint density at radius 2 is 1.73 bits per heavy atom. The van der Waals surface area contributed by atoms with Crippen LogP contribution in [-0.4, -0.2) is 45.0 Å². The first kappa shape index (κ1) is 22.3. The molecule has 4 N–H and O–H groups in total. The lowest BCUT2D eigenvalue weighted by molar-refractivity contribution is 0.440. The minimum absolute atomic E-state index is 0.0426. The minimum Gasteiger partial charge on any atom is -0.508 e. The van der Waals surface area contributed by atoms with Gasteiger partial charge < -0.3 is 15.3 Å². The topological polar surface area (TPSA) is 138 Å². The Balaban J connectivity index is 1.64. The van der Waals surface area contributed by atoms with Gasteiger partial charge in [0.1, 0.15) is 28.5 Å². The summed E-state index contributed by atoms with van der Waals surface area (Å²) in [4.78, 5) is -0.398. The molecule has 4 aromatic rings. The van der Waals surface area contributed by atoms with Crippen LogP contribution in [0.1, 0.15) is 11.1 Å². The third-order valence-corrected chi connectivity index (χ3v) is 6.57. The molecule has 1 heterocycles. The van der Waals surface area contributed by atoms with Crippen LogP contribution in [0.25, 0.3) is 17.1 Å². The SMILES string of the molecule is Cc1ccc(-n2cnnc2-c2cc(S(=O)(=O)NCCc3cccc(O)c3)c(O)cc2O)cc1. The summed E-state index contributed by atoms with van der Waals surface area (Å²) in [7, 11) is -4.12. The van der Waals surface area contributed by atoms with E-state index in [0.717, 1.165) is 28.9 Å². The lowest BCUT2D eigenvalue weighted by atomic mass is 10.1. The van der Waals surface area contributed by atoms with E-state index in [9.17, 15) is 23.7 Å². The van der Waals surface area contributed by atoms with Crippen molar-refractivity contribution in [3.8, 4) is 34.3 Å². The number of hydrogen-bond acceptors (Lipinski definition) is 7. The largest absolute Gasteiger partial charge is 0.508 e. The number of aromatic nitrogens is 3. The third kappa shape index (κ3) is 4.81. The molecule has 4 rings (SSSR count). The van der Waals surface area contributed by atoms with E-state index in [-0.39, 0.29) is 29.4 Å². The van der Waals surface area contributed by atoms with Gasteiger partial charge in [-0.3, -0.25) is 4.57 Å². The lowest BCUT2D eigenvalue weighted by Crippen LogP contribution is -2.26. The van der Waals surface area contributed by atoms with Crippen molar-refractivity contribution in [1.29, 1.82) is 0 Å². The van der Waals surface area contributed by atoms with Crippen LogP contribution in [0.4, 0.5) is 0 Å². The molecule has 0 saturated carbocycles. The Bertz CT molecular complexity index is 1400. The van der Waals surface area contributed by atoms with Crippen molar-refractivity contribution in [3.63, 3.8) is 0 Å². The number of aryl methyl sites for hydroxylation is 1. The van der Waals surface area contributed by atoms with Gasteiger partial charge in [-0.1, -0.05) is 29.8 Å². The molecular weight excluding hydrogens is 444 g/mol. The predicted octanol–water partition coefficient (Wildman–Crippen LogP) is 2.88. The van der Waals surface area contributed by atoms with Crippen molar-refractivity contribution in [1.82, 2.24) is 19.5 Å². The first-order valence-corrected chi connectivity index (χ1v) is 11.5. The average molecular weight is 467 g/mol. The van der Waals surface area contributed by atoms with Gasteiger partial charge in [0.15, 0.2) is 5.82 Å². The smallest absolute Gasteiger partial charge is 0.244 e. The van der Waals surface area contributed by atoms with E-state index in [1.807, 2.05) is 31.2 Å². The number of nitrogens with zero attached hydrogens (tertiary/aromatic N) is 3. The highest BCUT2D eigenvalue weighted by Gasteiger charge is 2.24. The van der Waals surface area contributed by atoms with Crippen LogP contribution >= 0.6 is 0 Å². The fraction of sp³-hybridized carbons (Fsp3) is 0.130. The first-order valence-electron chi connectivity index (χ1n) is 10.1. The molecule has 170 valence electrons. The minimum atomic E-state index is -4.12. The van der Waals surface area contributed by atoms with Gasteiger partial charge in [-0.05, 0) is 49.2 Å². The van der Waals surface area contributed by atoms with Crippen LogP contribution in [0.5, 0.6) is 17.2 Å². The van der Waals surface area contributed by atoms with Gasteiger partial charge in [0.05, 0.1) is 5.56 Å². The normalized spacial score (nSPS) is 11.5. The quantitative estimate of drug-likeness (QED) is 0.329. The fourth-order valence-corrected chi connectivity index (χ4v) is 4.52. The van der Waals surface area contributed by atoms with E-state index in [2.05, 4.69) is 14.9 Å². The molecule has 0 aliphatic rings. The number of nitrogens with one attached hydrogen (secondary N) is 1. The number of phenolic OH excluding ortho intramolecular Hbond substituents is 3. The van der Waals surface area contributed by atoms with Gasteiger partial charge in [0, 0.05) is 18.3 Å². The second-order valence-corrected chi connectivity index (χ2v) is 9.25. The average Bonchev–Trinajstić information content (AvgIpc) is 3.23. The van der Waals surface area contributed by atoms with E-state index >= 15 is 0 Å². The van der Waals surface area contributed by atoms with Crippen molar-refractivity contribution in [3.05, 3.63) is 78.1 Å². The van der Waals surface area contributed by atoms with Crippen LogP contribution in [0.3, 0.4) is 0 Å². The fourth-order valence-electron chi connectivity index (χ4n) is 3.38. The molecule has 0 bridgehead atoms. The molecule has 10 heteroatoms. The number of rotatable bonds is 7. The molecule has 0 spiro atoms. The molecule has 3 aromatic carbocycles. The van der Waals surface area contributed by atoms with Crippen LogP contribution in [0.2, 0.25) is 0 Å². The van der Waals surface area contributed by atoms with Gasteiger partial charge in [-0.25, -0.2) is 13.1 Å². The van der Waals surface area contributed by atoms with Crippen LogP contribution < -0.4 is 4.72 Å². The number of phenols is 3. The summed E-state index contributed by atoms with van der Waals surface area (Å²) in [5.74, 6) is -0.628. The standard InChI is InChI=1S/C23H22N4O5S/c1-15-5-7-17(8-6-15)27-14-24-26-23(27)19-12-22(21(30)13-20(19)29)33(31,32)25-10-9-16-3-2-4-18(28)11-16/h2-8,11-14,25,28-30H,9-10H2,1H3. The summed E-state index contributed by atoms with van der Waals surface area (Å²) < 4.78 is 29.8.